The molecule has 0 bridgehead atoms. The van der Waals surface area contributed by atoms with Crippen LogP contribution in [0.5, 0.6) is 0 Å². The van der Waals surface area contributed by atoms with Crippen LogP contribution in [0.1, 0.15) is 11.1 Å². The Hall–Kier alpha value is -1.61. The van der Waals surface area contributed by atoms with Gasteiger partial charge in [0.15, 0.2) is 0 Å². The predicted octanol–water partition coefficient (Wildman–Crippen LogP) is 1.33. The normalized spacial score (nSPS) is 10.7. The van der Waals surface area contributed by atoms with Gasteiger partial charge in [0.2, 0.25) is 0 Å². The molecule has 0 saturated heterocycles. The molecule has 0 unspecified atom stereocenters. The van der Waals surface area contributed by atoms with Crippen LogP contribution < -0.4 is 5.56 Å². The third kappa shape index (κ3) is 1.42. The Balaban J connectivity index is 2.77. The highest BCUT2D eigenvalue weighted by atomic mass is 16.3. The van der Waals surface area contributed by atoms with E-state index in [2.05, 4.69) is 4.98 Å². The van der Waals surface area contributed by atoms with E-state index in [4.69, 9.17) is 5.11 Å². The molecular formula is C11H11NO2. The molecule has 0 aliphatic carbocycles. The van der Waals surface area contributed by atoms with Gasteiger partial charge in [-0.25, -0.2) is 0 Å². The van der Waals surface area contributed by atoms with Crippen molar-refractivity contribution in [3.05, 3.63) is 45.7 Å². The Morgan fingerprint density at radius 2 is 2.14 bits per heavy atom. The highest BCUT2D eigenvalue weighted by molar-refractivity contribution is 5.79. The maximum atomic E-state index is 11.3. The maximum Gasteiger partial charge on any atom is 0.251 e. The van der Waals surface area contributed by atoms with Crippen molar-refractivity contribution in [3.8, 4) is 0 Å². The van der Waals surface area contributed by atoms with Crippen LogP contribution in [0.25, 0.3) is 10.9 Å². The van der Waals surface area contributed by atoms with Crippen molar-refractivity contribution < 1.29 is 5.11 Å². The van der Waals surface area contributed by atoms with Gasteiger partial charge in [-0.05, 0) is 30.0 Å². The molecular weight excluding hydrogens is 178 g/mol. The van der Waals surface area contributed by atoms with Crippen LogP contribution in [0.3, 0.4) is 0 Å². The third-order valence-corrected chi connectivity index (χ3v) is 2.28. The van der Waals surface area contributed by atoms with Crippen LogP contribution in [0.2, 0.25) is 0 Å². The largest absolute Gasteiger partial charge is 0.392 e. The molecule has 1 aromatic carbocycles. The van der Waals surface area contributed by atoms with E-state index in [-0.39, 0.29) is 12.2 Å². The van der Waals surface area contributed by atoms with Crippen LogP contribution in [0.4, 0.5) is 0 Å². The van der Waals surface area contributed by atoms with E-state index in [1.54, 1.807) is 13.0 Å². The quantitative estimate of drug-likeness (QED) is 0.711. The van der Waals surface area contributed by atoms with Crippen molar-refractivity contribution in [2.75, 3.05) is 0 Å². The zero-order chi connectivity index (χ0) is 10.1. The van der Waals surface area contributed by atoms with Gasteiger partial charge in [0.25, 0.3) is 5.56 Å². The summed E-state index contributed by atoms with van der Waals surface area (Å²) in [6.07, 6.45) is 0. The number of nitrogens with one attached hydrogen (secondary N) is 1. The van der Waals surface area contributed by atoms with Gasteiger partial charge >= 0.3 is 0 Å². The lowest BCUT2D eigenvalue weighted by Gasteiger charge is -2.01. The number of hydrogen-bond donors (Lipinski definition) is 2. The zero-order valence-corrected chi connectivity index (χ0v) is 7.87. The summed E-state index contributed by atoms with van der Waals surface area (Å²) in [7, 11) is 0. The van der Waals surface area contributed by atoms with E-state index in [9.17, 15) is 4.79 Å². The molecule has 0 aliphatic heterocycles. The first-order valence-electron chi connectivity index (χ1n) is 4.44. The molecule has 3 nitrogen and oxygen atoms in total. The number of hydrogen-bond acceptors (Lipinski definition) is 2. The summed E-state index contributed by atoms with van der Waals surface area (Å²) in [5.74, 6) is 0. The van der Waals surface area contributed by atoms with Crippen molar-refractivity contribution in [1.29, 1.82) is 0 Å². The number of benzene rings is 1. The zero-order valence-electron chi connectivity index (χ0n) is 7.87. The standard InChI is InChI=1S/C11H11NO2/c1-7-4-9-3-2-8(6-13)5-10(9)12-11(7)14/h2-5,13H,6H2,1H3,(H,12,14). The summed E-state index contributed by atoms with van der Waals surface area (Å²) in [5, 5.41) is 9.91. The van der Waals surface area contributed by atoms with Gasteiger partial charge in [-0.15, -0.1) is 0 Å². The molecule has 1 heterocycles. The van der Waals surface area contributed by atoms with Gasteiger partial charge < -0.3 is 10.1 Å². The van der Waals surface area contributed by atoms with Crippen molar-refractivity contribution in [2.45, 2.75) is 13.5 Å². The number of aliphatic hydroxyl groups excluding tert-OH is 1. The van der Waals surface area contributed by atoms with E-state index in [0.29, 0.717) is 5.56 Å². The Kier molecular flexibility index (Phi) is 2.09. The topological polar surface area (TPSA) is 53.1 Å². The van der Waals surface area contributed by atoms with Crippen LogP contribution in [0.15, 0.2) is 29.1 Å². The number of aliphatic hydroxyl groups is 1. The molecule has 0 atom stereocenters. The highest BCUT2D eigenvalue weighted by Gasteiger charge is 1.99. The van der Waals surface area contributed by atoms with E-state index in [0.717, 1.165) is 16.5 Å². The minimum atomic E-state index is -0.0763. The van der Waals surface area contributed by atoms with Gasteiger partial charge in [-0.2, -0.15) is 0 Å². The monoisotopic (exact) mass is 189 g/mol. The SMILES string of the molecule is Cc1cc2ccc(CO)cc2[nH]c1=O. The maximum absolute atomic E-state index is 11.3. The number of aromatic nitrogens is 1. The Morgan fingerprint density at radius 1 is 1.36 bits per heavy atom. The lowest BCUT2D eigenvalue weighted by Crippen LogP contribution is -2.08. The minimum Gasteiger partial charge on any atom is -0.392 e. The van der Waals surface area contributed by atoms with Crippen molar-refractivity contribution in [2.24, 2.45) is 0 Å². The summed E-state index contributed by atoms with van der Waals surface area (Å²) >= 11 is 0. The van der Waals surface area contributed by atoms with Crippen LogP contribution in [0, 0.1) is 6.92 Å². The fourth-order valence-corrected chi connectivity index (χ4v) is 1.46. The molecule has 0 aliphatic rings. The number of H-pyrrole nitrogens is 1. The summed E-state index contributed by atoms with van der Waals surface area (Å²) in [6, 6.07) is 7.37. The first-order valence-corrected chi connectivity index (χ1v) is 4.44. The average molecular weight is 189 g/mol. The Bertz CT molecular complexity index is 528. The lowest BCUT2D eigenvalue weighted by molar-refractivity contribution is 0.282. The van der Waals surface area contributed by atoms with Crippen molar-refractivity contribution in [3.63, 3.8) is 0 Å². The van der Waals surface area contributed by atoms with E-state index < -0.39 is 0 Å². The second-order valence-corrected chi connectivity index (χ2v) is 3.36. The van der Waals surface area contributed by atoms with E-state index in [1.165, 1.54) is 0 Å². The predicted molar refractivity (Wildman–Crippen MR) is 55.2 cm³/mol. The fraction of sp³-hybridized carbons (Fsp3) is 0.182. The molecule has 72 valence electrons. The molecule has 2 rings (SSSR count). The minimum absolute atomic E-state index is 0.00809. The second-order valence-electron chi connectivity index (χ2n) is 3.36. The molecule has 2 N–H and O–H groups in total. The van der Waals surface area contributed by atoms with Crippen LogP contribution in [-0.4, -0.2) is 10.1 Å². The van der Waals surface area contributed by atoms with Crippen LogP contribution in [-0.2, 0) is 6.61 Å². The average Bonchev–Trinajstić information content (AvgIpc) is 2.19. The smallest absolute Gasteiger partial charge is 0.251 e. The third-order valence-electron chi connectivity index (χ3n) is 2.28. The molecule has 0 saturated carbocycles. The Labute approximate surface area is 81.0 Å². The number of rotatable bonds is 1. The molecule has 2 aromatic rings. The summed E-state index contributed by atoms with van der Waals surface area (Å²) in [4.78, 5) is 14.1. The molecule has 0 radical (unpaired) electrons. The Morgan fingerprint density at radius 3 is 2.86 bits per heavy atom. The molecule has 0 spiro atoms. The highest BCUT2D eigenvalue weighted by Crippen LogP contribution is 2.13. The first kappa shape index (κ1) is 8.97. The van der Waals surface area contributed by atoms with Crippen molar-refractivity contribution in [1.82, 2.24) is 4.98 Å². The second kappa shape index (κ2) is 3.27. The fourth-order valence-electron chi connectivity index (χ4n) is 1.46. The molecule has 1 aromatic heterocycles. The molecule has 0 fully saturated rings. The molecule has 3 heteroatoms. The van der Waals surface area contributed by atoms with Gasteiger partial charge in [0.1, 0.15) is 0 Å². The number of pyridine rings is 1. The molecule has 14 heavy (non-hydrogen) atoms. The van der Waals surface area contributed by atoms with Gasteiger partial charge in [0.05, 0.1) is 6.61 Å². The van der Waals surface area contributed by atoms with Gasteiger partial charge in [0, 0.05) is 11.1 Å². The van der Waals surface area contributed by atoms with Gasteiger partial charge in [-0.3, -0.25) is 4.79 Å². The van der Waals surface area contributed by atoms with Crippen LogP contribution >= 0.6 is 0 Å². The number of aromatic amines is 1. The van der Waals surface area contributed by atoms with E-state index >= 15 is 0 Å². The number of aryl methyl sites for hydroxylation is 1. The summed E-state index contributed by atoms with van der Waals surface area (Å²) in [6.45, 7) is 1.77. The first-order chi connectivity index (χ1) is 6.70. The molecule has 0 amide bonds. The number of fused-ring (bicyclic) bond motifs is 1. The van der Waals surface area contributed by atoms with Crippen molar-refractivity contribution >= 4 is 10.9 Å². The van der Waals surface area contributed by atoms with Gasteiger partial charge in [-0.1, -0.05) is 12.1 Å². The summed E-state index contributed by atoms with van der Waals surface area (Å²) < 4.78 is 0. The lowest BCUT2D eigenvalue weighted by atomic mass is 10.1. The van der Waals surface area contributed by atoms with E-state index in [1.807, 2.05) is 18.2 Å². The summed E-state index contributed by atoms with van der Waals surface area (Å²) in [5.41, 5.74) is 2.20.